The number of rotatable bonds is 6. The first-order valence-electron chi connectivity index (χ1n) is 11.4. The zero-order chi connectivity index (χ0) is 24.2. The highest BCUT2D eigenvalue weighted by atomic mass is 32.2. The van der Waals surface area contributed by atoms with Gasteiger partial charge in [0.2, 0.25) is 5.91 Å². The summed E-state index contributed by atoms with van der Waals surface area (Å²) >= 11 is 1.52. The minimum absolute atomic E-state index is 0.0669. The minimum Gasteiger partial charge on any atom is -0.457 e. The third-order valence-corrected chi connectivity index (χ3v) is 6.75. The van der Waals surface area contributed by atoms with Gasteiger partial charge in [0.05, 0.1) is 17.3 Å². The first-order valence-corrected chi connectivity index (χ1v) is 12.4. The molecule has 3 aromatic rings. The van der Waals surface area contributed by atoms with E-state index in [1.54, 1.807) is 11.8 Å². The van der Waals surface area contributed by atoms with Crippen LogP contribution in [0.4, 0.5) is 0 Å². The van der Waals surface area contributed by atoms with E-state index in [1.165, 1.54) is 11.8 Å². The van der Waals surface area contributed by atoms with Gasteiger partial charge >= 0.3 is 5.97 Å². The number of benzene rings is 3. The van der Waals surface area contributed by atoms with E-state index < -0.39 is 12.0 Å². The molecule has 0 aliphatic carbocycles. The Morgan fingerprint density at radius 3 is 2.49 bits per heavy atom. The SMILES string of the molecule is CC1=C(C(=O)OCc2ccccc2)[C@H](c2cccc(Oc3ccccc3)c2)N2C(=O)CCSC2=N1. The highest BCUT2D eigenvalue weighted by molar-refractivity contribution is 8.14. The Balaban J connectivity index is 1.50. The number of allylic oxidation sites excluding steroid dienone is 1. The lowest BCUT2D eigenvalue weighted by atomic mass is 9.94. The third-order valence-electron chi connectivity index (χ3n) is 5.79. The Bertz CT molecular complexity index is 1300. The van der Waals surface area contributed by atoms with Gasteiger partial charge in [0.15, 0.2) is 5.17 Å². The second kappa shape index (κ2) is 10.2. The predicted octanol–water partition coefficient (Wildman–Crippen LogP) is 5.87. The van der Waals surface area contributed by atoms with Gasteiger partial charge in [-0.25, -0.2) is 9.79 Å². The Morgan fingerprint density at radius 1 is 1.00 bits per heavy atom. The van der Waals surface area contributed by atoms with Crippen molar-refractivity contribution < 1.29 is 19.1 Å². The Kier molecular flexibility index (Phi) is 6.68. The van der Waals surface area contributed by atoms with Crippen LogP contribution in [0.2, 0.25) is 0 Å². The predicted molar refractivity (Wildman–Crippen MR) is 136 cm³/mol. The second-order valence-electron chi connectivity index (χ2n) is 8.21. The first-order chi connectivity index (χ1) is 17.1. The van der Waals surface area contributed by atoms with Crippen LogP contribution in [0, 0.1) is 0 Å². The van der Waals surface area contributed by atoms with Crippen molar-refractivity contribution in [3.8, 4) is 11.5 Å². The van der Waals surface area contributed by atoms with Crippen LogP contribution in [-0.2, 0) is 20.9 Å². The van der Waals surface area contributed by atoms with Crippen molar-refractivity contribution in [2.24, 2.45) is 4.99 Å². The summed E-state index contributed by atoms with van der Waals surface area (Å²) in [6.07, 6.45) is 0.381. The number of fused-ring (bicyclic) bond motifs is 1. The van der Waals surface area contributed by atoms with Crippen LogP contribution in [0.3, 0.4) is 0 Å². The molecule has 0 radical (unpaired) electrons. The molecule has 176 valence electrons. The molecule has 1 atom stereocenters. The highest BCUT2D eigenvalue weighted by Crippen LogP contribution is 2.41. The quantitative estimate of drug-likeness (QED) is 0.409. The number of amidine groups is 1. The Hall–Kier alpha value is -3.84. The van der Waals surface area contributed by atoms with Gasteiger partial charge in [-0.1, -0.05) is 72.4 Å². The van der Waals surface area contributed by atoms with Gasteiger partial charge in [-0.15, -0.1) is 0 Å². The summed E-state index contributed by atoms with van der Waals surface area (Å²) < 4.78 is 11.7. The van der Waals surface area contributed by atoms with E-state index in [0.29, 0.717) is 40.1 Å². The summed E-state index contributed by atoms with van der Waals surface area (Å²) in [5, 5.41) is 0.609. The lowest BCUT2D eigenvalue weighted by molar-refractivity contribution is -0.141. The van der Waals surface area contributed by atoms with Crippen molar-refractivity contribution in [1.82, 2.24) is 4.90 Å². The molecule has 35 heavy (non-hydrogen) atoms. The van der Waals surface area contributed by atoms with Crippen LogP contribution < -0.4 is 4.74 Å². The molecule has 1 amide bonds. The van der Waals surface area contributed by atoms with Gasteiger partial charge in [-0.05, 0) is 42.3 Å². The molecule has 0 saturated carbocycles. The second-order valence-corrected chi connectivity index (χ2v) is 9.27. The molecule has 5 rings (SSSR count). The van der Waals surface area contributed by atoms with E-state index >= 15 is 0 Å². The number of thioether (sulfide) groups is 1. The fraction of sp³-hybridized carbons (Fsp3) is 0.179. The molecule has 1 fully saturated rings. The van der Waals surface area contributed by atoms with Crippen molar-refractivity contribution in [2.45, 2.75) is 26.0 Å². The number of amides is 1. The van der Waals surface area contributed by atoms with Gasteiger partial charge in [-0.3, -0.25) is 9.69 Å². The highest BCUT2D eigenvalue weighted by Gasteiger charge is 2.41. The van der Waals surface area contributed by atoms with E-state index in [9.17, 15) is 9.59 Å². The molecule has 1 saturated heterocycles. The fourth-order valence-corrected chi connectivity index (χ4v) is 5.15. The van der Waals surface area contributed by atoms with Gasteiger partial charge < -0.3 is 9.47 Å². The van der Waals surface area contributed by atoms with Crippen LogP contribution >= 0.6 is 11.8 Å². The number of hydrogen-bond acceptors (Lipinski definition) is 6. The van der Waals surface area contributed by atoms with Crippen molar-refractivity contribution in [2.75, 3.05) is 5.75 Å². The standard InChI is InChI=1S/C28H24N2O4S/c1-19-25(27(32)33-18-20-9-4-2-5-10-20)26(30-24(31)15-16-35-28(30)29-19)21-11-8-14-23(17-21)34-22-12-6-3-7-13-22/h2-14,17,26H,15-16,18H2,1H3/t26-/m0/s1. The largest absolute Gasteiger partial charge is 0.457 e. The van der Waals surface area contributed by atoms with Crippen LogP contribution in [0.1, 0.15) is 30.5 Å². The van der Waals surface area contributed by atoms with Crippen molar-refractivity contribution in [1.29, 1.82) is 0 Å². The topological polar surface area (TPSA) is 68.2 Å². The molecule has 0 unspecified atom stereocenters. The zero-order valence-corrected chi connectivity index (χ0v) is 20.0. The van der Waals surface area contributed by atoms with Crippen molar-refractivity contribution in [3.05, 3.63) is 107 Å². The van der Waals surface area contributed by atoms with Gasteiger partial charge in [0.25, 0.3) is 0 Å². The molecule has 2 heterocycles. The van der Waals surface area contributed by atoms with Crippen LogP contribution in [-0.4, -0.2) is 27.7 Å². The molecule has 0 N–H and O–H groups in total. The van der Waals surface area contributed by atoms with Gasteiger partial charge in [0.1, 0.15) is 18.1 Å². The van der Waals surface area contributed by atoms with E-state index in [4.69, 9.17) is 9.47 Å². The number of aliphatic imine (C=N–C) groups is 1. The maximum absolute atomic E-state index is 13.4. The van der Waals surface area contributed by atoms with Crippen LogP contribution in [0.5, 0.6) is 11.5 Å². The maximum atomic E-state index is 13.4. The molecular formula is C28H24N2O4S. The molecule has 0 bridgehead atoms. The van der Waals surface area contributed by atoms with Crippen LogP contribution in [0.15, 0.2) is 101 Å². The lowest BCUT2D eigenvalue weighted by Gasteiger charge is -2.39. The first kappa shape index (κ1) is 22.9. The molecule has 6 nitrogen and oxygen atoms in total. The number of hydrogen-bond donors (Lipinski definition) is 0. The number of carbonyl (C=O) groups excluding carboxylic acids is 2. The summed E-state index contributed by atoms with van der Waals surface area (Å²) in [6, 6.07) is 25.8. The number of nitrogens with zero attached hydrogens (tertiary/aromatic N) is 2. The monoisotopic (exact) mass is 484 g/mol. The van der Waals surface area contributed by atoms with E-state index in [1.807, 2.05) is 84.9 Å². The Labute approximate surface area is 208 Å². The summed E-state index contributed by atoms with van der Waals surface area (Å²) in [5.41, 5.74) is 2.56. The van der Waals surface area contributed by atoms with E-state index in [2.05, 4.69) is 4.99 Å². The number of esters is 1. The third kappa shape index (κ3) is 5.00. The molecule has 2 aliphatic heterocycles. The number of para-hydroxylation sites is 1. The molecule has 3 aromatic carbocycles. The van der Waals surface area contributed by atoms with Gasteiger partial charge in [0, 0.05) is 12.2 Å². The summed E-state index contributed by atoms with van der Waals surface area (Å²) in [4.78, 5) is 32.7. The molecule has 7 heteroatoms. The number of carbonyl (C=O) groups is 2. The van der Waals surface area contributed by atoms with Crippen molar-refractivity contribution >= 4 is 28.8 Å². The normalized spacial score (nSPS) is 17.5. The van der Waals surface area contributed by atoms with Crippen molar-refractivity contribution in [3.63, 3.8) is 0 Å². The average molecular weight is 485 g/mol. The maximum Gasteiger partial charge on any atom is 0.338 e. The molecular weight excluding hydrogens is 460 g/mol. The van der Waals surface area contributed by atoms with E-state index in [-0.39, 0.29) is 12.5 Å². The number of ether oxygens (including phenoxy) is 2. The smallest absolute Gasteiger partial charge is 0.338 e. The fourth-order valence-electron chi connectivity index (χ4n) is 4.15. The summed E-state index contributed by atoms with van der Waals surface area (Å²) in [7, 11) is 0. The Morgan fingerprint density at radius 2 is 1.71 bits per heavy atom. The van der Waals surface area contributed by atoms with E-state index in [0.717, 1.165) is 11.1 Å². The van der Waals surface area contributed by atoms with Crippen LogP contribution in [0.25, 0.3) is 0 Å². The molecule has 2 aliphatic rings. The minimum atomic E-state index is -0.648. The molecule has 0 aromatic heterocycles. The molecule has 0 spiro atoms. The lowest BCUT2D eigenvalue weighted by Crippen LogP contribution is -2.45. The summed E-state index contributed by atoms with van der Waals surface area (Å²) in [5.74, 6) is 1.43. The summed E-state index contributed by atoms with van der Waals surface area (Å²) in [6.45, 7) is 1.93. The zero-order valence-electron chi connectivity index (χ0n) is 19.2. The van der Waals surface area contributed by atoms with Gasteiger partial charge in [-0.2, -0.15) is 0 Å². The average Bonchev–Trinajstić information content (AvgIpc) is 2.88.